The fourth-order valence-electron chi connectivity index (χ4n) is 3.81. The summed E-state index contributed by atoms with van der Waals surface area (Å²) in [5.41, 5.74) is 7.70. The number of rotatable bonds is 5. The lowest BCUT2D eigenvalue weighted by Gasteiger charge is -2.29. The van der Waals surface area contributed by atoms with E-state index < -0.39 is 11.9 Å². The van der Waals surface area contributed by atoms with E-state index in [1.807, 2.05) is 6.07 Å². The van der Waals surface area contributed by atoms with Gasteiger partial charge in [0, 0.05) is 18.1 Å². The first-order valence-corrected chi connectivity index (χ1v) is 9.88. The molecule has 7 nitrogen and oxygen atoms in total. The Labute approximate surface area is 175 Å². The Bertz CT molecular complexity index is 927. The largest absolute Gasteiger partial charge is 0.495 e. The Kier molecular flexibility index (Phi) is 6.23. The normalized spacial score (nSPS) is 19.1. The van der Waals surface area contributed by atoms with Crippen LogP contribution in [0.3, 0.4) is 0 Å². The highest BCUT2D eigenvalue weighted by atomic mass is 35.5. The molecule has 8 heteroatoms. The van der Waals surface area contributed by atoms with E-state index in [2.05, 4.69) is 11.0 Å². The maximum absolute atomic E-state index is 12.7. The average molecular weight is 418 g/mol. The van der Waals surface area contributed by atoms with Crippen LogP contribution in [0.1, 0.15) is 38.2 Å². The third-order valence-electron chi connectivity index (χ3n) is 5.16. The van der Waals surface area contributed by atoms with Crippen molar-refractivity contribution in [1.82, 2.24) is 0 Å². The van der Waals surface area contributed by atoms with E-state index in [1.54, 1.807) is 27.0 Å². The van der Waals surface area contributed by atoms with Gasteiger partial charge in [-0.15, -0.1) is 0 Å². The number of halogens is 1. The Balaban J connectivity index is 2.17. The lowest BCUT2D eigenvalue weighted by molar-refractivity contribution is -0.139. The Morgan fingerprint density at radius 2 is 2.10 bits per heavy atom. The molecule has 2 heterocycles. The van der Waals surface area contributed by atoms with E-state index in [0.29, 0.717) is 16.3 Å². The van der Waals surface area contributed by atoms with Crippen LogP contribution in [0.15, 0.2) is 34.9 Å². The Morgan fingerprint density at radius 1 is 1.41 bits per heavy atom. The van der Waals surface area contributed by atoms with Crippen LogP contribution in [0, 0.1) is 11.3 Å². The van der Waals surface area contributed by atoms with E-state index in [0.717, 1.165) is 31.6 Å². The smallest absolute Gasteiger partial charge is 0.338 e. The average Bonchev–Trinajstić information content (AvgIpc) is 3.22. The van der Waals surface area contributed by atoms with E-state index in [9.17, 15) is 10.1 Å². The summed E-state index contributed by atoms with van der Waals surface area (Å²) in [4.78, 5) is 14.9. The topological polar surface area (TPSA) is 97.8 Å². The van der Waals surface area contributed by atoms with Gasteiger partial charge in [0.05, 0.1) is 30.9 Å². The number of hydrogen-bond acceptors (Lipinski definition) is 7. The second kappa shape index (κ2) is 8.66. The van der Waals surface area contributed by atoms with Crippen molar-refractivity contribution in [2.75, 3.05) is 31.7 Å². The van der Waals surface area contributed by atoms with E-state index >= 15 is 0 Å². The molecule has 1 aromatic rings. The van der Waals surface area contributed by atoms with Gasteiger partial charge in [-0.05, 0) is 44.4 Å². The van der Waals surface area contributed by atoms with Gasteiger partial charge < -0.3 is 24.8 Å². The summed E-state index contributed by atoms with van der Waals surface area (Å²) in [5.74, 6) is -0.532. The van der Waals surface area contributed by atoms with Gasteiger partial charge in [0.25, 0.3) is 0 Å². The zero-order chi connectivity index (χ0) is 21.1. The lowest BCUT2D eigenvalue weighted by atomic mass is 9.82. The van der Waals surface area contributed by atoms with Crippen LogP contribution in [0.2, 0.25) is 5.02 Å². The molecule has 154 valence electrons. The molecule has 2 aliphatic rings. The molecular weight excluding hydrogens is 394 g/mol. The van der Waals surface area contributed by atoms with Gasteiger partial charge in [-0.25, -0.2) is 4.79 Å². The number of esters is 1. The molecule has 1 fully saturated rings. The molecule has 0 aromatic heterocycles. The third kappa shape index (κ3) is 3.85. The van der Waals surface area contributed by atoms with Crippen LogP contribution in [0.5, 0.6) is 5.75 Å². The first-order chi connectivity index (χ1) is 13.9. The first-order valence-electron chi connectivity index (χ1n) is 9.50. The quantitative estimate of drug-likeness (QED) is 0.731. The van der Waals surface area contributed by atoms with Crippen molar-refractivity contribution in [2.45, 2.75) is 32.6 Å². The number of carbonyl (C=O) groups is 1. The highest BCUT2D eigenvalue weighted by Crippen LogP contribution is 2.46. The maximum Gasteiger partial charge on any atom is 0.338 e. The minimum atomic E-state index is -0.804. The predicted molar refractivity (Wildman–Crippen MR) is 109 cm³/mol. The zero-order valence-corrected chi connectivity index (χ0v) is 17.5. The summed E-state index contributed by atoms with van der Waals surface area (Å²) < 4.78 is 16.3. The third-order valence-corrected chi connectivity index (χ3v) is 5.48. The van der Waals surface area contributed by atoms with Crippen molar-refractivity contribution in [2.24, 2.45) is 5.73 Å². The van der Waals surface area contributed by atoms with Crippen molar-refractivity contribution in [3.63, 3.8) is 0 Å². The van der Waals surface area contributed by atoms with Gasteiger partial charge in [0.15, 0.2) is 0 Å². The van der Waals surface area contributed by atoms with E-state index in [-0.39, 0.29) is 29.4 Å². The molecule has 0 spiro atoms. The standard InChI is InChI=1S/C21H24ClN3O4/c1-4-28-21(26)18-12(2)29-20(24)14(11-23)19(18)13-9-17(27-3)16(10-15(13)22)25-7-5-6-8-25/h9-10,19H,4-8,24H2,1-3H3. The Hall–Kier alpha value is -2.85. The number of hydrogen-bond donors (Lipinski definition) is 1. The summed E-state index contributed by atoms with van der Waals surface area (Å²) in [5, 5.41) is 10.1. The summed E-state index contributed by atoms with van der Waals surface area (Å²) in [6, 6.07) is 5.65. The van der Waals surface area contributed by atoms with Gasteiger partial charge in [-0.3, -0.25) is 0 Å². The zero-order valence-electron chi connectivity index (χ0n) is 16.8. The molecule has 3 rings (SSSR count). The van der Waals surface area contributed by atoms with Gasteiger partial charge in [0.1, 0.15) is 23.2 Å². The van der Waals surface area contributed by atoms with Crippen LogP contribution in [0.4, 0.5) is 5.69 Å². The van der Waals surface area contributed by atoms with Crippen molar-refractivity contribution in [3.05, 3.63) is 45.5 Å². The number of anilines is 1. The summed E-state index contributed by atoms with van der Waals surface area (Å²) in [6.07, 6.45) is 2.21. The lowest BCUT2D eigenvalue weighted by Crippen LogP contribution is -2.26. The molecular formula is C21H24ClN3O4. The molecule has 0 bridgehead atoms. The molecule has 0 radical (unpaired) electrons. The second-order valence-corrected chi connectivity index (χ2v) is 7.26. The van der Waals surface area contributed by atoms with Crippen molar-refractivity contribution < 1.29 is 19.0 Å². The van der Waals surface area contributed by atoms with Crippen LogP contribution >= 0.6 is 11.6 Å². The highest BCUT2D eigenvalue weighted by molar-refractivity contribution is 6.32. The van der Waals surface area contributed by atoms with E-state index in [4.69, 9.17) is 31.5 Å². The molecule has 2 aliphatic heterocycles. The van der Waals surface area contributed by atoms with Crippen molar-refractivity contribution in [3.8, 4) is 11.8 Å². The van der Waals surface area contributed by atoms with Crippen molar-refractivity contribution in [1.29, 1.82) is 5.26 Å². The van der Waals surface area contributed by atoms with Gasteiger partial charge in [-0.2, -0.15) is 5.26 Å². The number of benzene rings is 1. The highest BCUT2D eigenvalue weighted by Gasteiger charge is 2.38. The Morgan fingerprint density at radius 3 is 2.69 bits per heavy atom. The second-order valence-electron chi connectivity index (χ2n) is 6.85. The summed E-state index contributed by atoms with van der Waals surface area (Å²) in [6.45, 7) is 5.36. The van der Waals surface area contributed by atoms with Gasteiger partial charge in [-0.1, -0.05) is 11.6 Å². The number of nitriles is 1. The number of methoxy groups -OCH3 is 1. The van der Waals surface area contributed by atoms with E-state index in [1.165, 1.54) is 0 Å². The molecule has 29 heavy (non-hydrogen) atoms. The SMILES string of the molecule is CCOC(=O)C1=C(C)OC(N)=C(C#N)C1c1cc(OC)c(N2CCCC2)cc1Cl. The van der Waals surface area contributed by atoms with Crippen LogP contribution in [-0.2, 0) is 14.3 Å². The first kappa shape index (κ1) is 20.9. The number of ether oxygens (including phenoxy) is 3. The minimum absolute atomic E-state index is 0.0540. The number of nitrogens with zero attached hydrogens (tertiary/aromatic N) is 2. The van der Waals surface area contributed by atoms with Gasteiger partial charge >= 0.3 is 5.97 Å². The number of nitrogens with two attached hydrogens (primary N) is 1. The molecule has 1 aromatic carbocycles. The monoisotopic (exact) mass is 417 g/mol. The molecule has 1 atom stereocenters. The molecule has 1 unspecified atom stereocenters. The van der Waals surface area contributed by atoms with Crippen LogP contribution < -0.4 is 15.4 Å². The minimum Gasteiger partial charge on any atom is -0.495 e. The van der Waals surface area contributed by atoms with Crippen LogP contribution in [-0.4, -0.2) is 32.8 Å². The van der Waals surface area contributed by atoms with Crippen LogP contribution in [0.25, 0.3) is 0 Å². The summed E-state index contributed by atoms with van der Waals surface area (Å²) >= 11 is 6.66. The van der Waals surface area contributed by atoms with Gasteiger partial charge in [0.2, 0.25) is 5.88 Å². The molecule has 0 saturated carbocycles. The molecule has 2 N–H and O–H groups in total. The number of carbonyl (C=O) groups excluding carboxylic acids is 1. The molecule has 1 saturated heterocycles. The fraction of sp³-hybridized carbons (Fsp3) is 0.429. The maximum atomic E-state index is 12.7. The summed E-state index contributed by atoms with van der Waals surface area (Å²) in [7, 11) is 1.58. The molecule has 0 amide bonds. The predicted octanol–water partition coefficient (Wildman–Crippen LogP) is 3.59. The van der Waals surface area contributed by atoms with Crippen molar-refractivity contribution >= 4 is 23.3 Å². The number of allylic oxidation sites excluding steroid dienone is 2. The molecule has 0 aliphatic carbocycles. The fourth-order valence-corrected chi connectivity index (χ4v) is 4.08.